The van der Waals surface area contributed by atoms with Crippen molar-refractivity contribution in [3.8, 4) is 5.75 Å². The number of likely N-dealkylation sites (tertiary alicyclic amines) is 1. The van der Waals surface area contributed by atoms with Crippen molar-refractivity contribution in [3.05, 3.63) is 62.0 Å². The summed E-state index contributed by atoms with van der Waals surface area (Å²) in [6, 6.07) is 8.62. The number of amides is 1. The van der Waals surface area contributed by atoms with E-state index in [0.29, 0.717) is 40.5 Å². The number of aromatic nitrogens is 1. The molecule has 1 saturated carbocycles. The molecule has 2 fully saturated rings. The van der Waals surface area contributed by atoms with Crippen LogP contribution in [-0.2, 0) is 0 Å². The zero-order valence-electron chi connectivity index (χ0n) is 14.2. The van der Waals surface area contributed by atoms with Crippen molar-refractivity contribution in [1.82, 2.24) is 9.47 Å². The van der Waals surface area contributed by atoms with E-state index in [1.165, 1.54) is 6.07 Å². The van der Waals surface area contributed by atoms with Crippen LogP contribution in [0.3, 0.4) is 0 Å². The van der Waals surface area contributed by atoms with Gasteiger partial charge in [-0.15, -0.1) is 0 Å². The van der Waals surface area contributed by atoms with Gasteiger partial charge in [0.25, 0.3) is 11.5 Å². The second kappa shape index (κ2) is 6.63. The number of carbonyl (C=O) groups excluding carboxylic acids is 1. The first-order valence-electron chi connectivity index (χ1n) is 8.56. The minimum atomic E-state index is -0.114. The molecule has 0 unspecified atom stereocenters. The Bertz CT molecular complexity index is 931. The summed E-state index contributed by atoms with van der Waals surface area (Å²) in [7, 11) is 0. The van der Waals surface area contributed by atoms with E-state index in [1.54, 1.807) is 23.1 Å². The van der Waals surface area contributed by atoms with Crippen molar-refractivity contribution >= 4 is 29.1 Å². The molecule has 0 N–H and O–H groups in total. The van der Waals surface area contributed by atoms with Gasteiger partial charge in [0.05, 0.1) is 23.1 Å². The smallest absolute Gasteiger partial charge is 0.254 e. The molecule has 4 rings (SSSR count). The number of hydrogen-bond donors (Lipinski definition) is 0. The average Bonchev–Trinajstić information content (AvgIpc) is 3.36. The molecule has 1 aromatic heterocycles. The minimum Gasteiger partial charge on any atom is -0.486 e. The van der Waals surface area contributed by atoms with Crippen LogP contribution in [0.2, 0.25) is 10.0 Å². The number of halogens is 2. The maximum absolute atomic E-state index is 12.4. The lowest BCUT2D eigenvalue weighted by Crippen LogP contribution is -2.56. The molecule has 0 spiro atoms. The van der Waals surface area contributed by atoms with E-state index in [2.05, 4.69) is 0 Å². The summed E-state index contributed by atoms with van der Waals surface area (Å²) in [5.41, 5.74) is 1.39. The van der Waals surface area contributed by atoms with Crippen molar-refractivity contribution in [2.24, 2.45) is 0 Å². The Morgan fingerprint density at radius 3 is 2.46 bits per heavy atom. The molecular weight excluding hydrogens is 375 g/mol. The predicted molar refractivity (Wildman–Crippen MR) is 100 cm³/mol. The van der Waals surface area contributed by atoms with E-state index in [4.69, 9.17) is 27.9 Å². The fraction of sp³-hybridized carbons (Fsp3) is 0.368. The molecule has 0 bridgehead atoms. The highest BCUT2D eigenvalue weighted by Crippen LogP contribution is 2.35. The summed E-state index contributed by atoms with van der Waals surface area (Å²) in [6.07, 6.45) is 2.02. The first kappa shape index (κ1) is 17.4. The molecule has 0 atom stereocenters. The molecule has 5 nitrogen and oxygen atoms in total. The molecule has 1 aliphatic heterocycles. The largest absolute Gasteiger partial charge is 0.486 e. The zero-order chi connectivity index (χ0) is 18.4. The first-order chi connectivity index (χ1) is 12.4. The summed E-state index contributed by atoms with van der Waals surface area (Å²) in [6.45, 7) is 2.88. The molecule has 0 radical (unpaired) electrons. The number of benzene rings is 1. The van der Waals surface area contributed by atoms with Gasteiger partial charge in [0.2, 0.25) is 0 Å². The molecule has 1 aromatic carbocycles. The number of rotatable bonds is 4. The number of nitrogens with zero attached hydrogens (tertiary/aromatic N) is 2. The summed E-state index contributed by atoms with van der Waals surface area (Å²) in [4.78, 5) is 26.4. The third-order valence-electron chi connectivity index (χ3n) is 4.75. The second-order valence-electron chi connectivity index (χ2n) is 6.85. The van der Waals surface area contributed by atoms with Crippen molar-refractivity contribution in [3.63, 3.8) is 0 Å². The normalized spacial score (nSPS) is 17.1. The van der Waals surface area contributed by atoms with Crippen LogP contribution in [0.5, 0.6) is 5.75 Å². The highest BCUT2D eigenvalue weighted by atomic mass is 35.5. The lowest BCUT2D eigenvalue weighted by molar-refractivity contribution is 0.0176. The number of aryl methyl sites for hydroxylation is 1. The molecule has 7 heteroatoms. The number of pyridine rings is 1. The van der Waals surface area contributed by atoms with Crippen LogP contribution in [0, 0.1) is 6.92 Å². The maximum atomic E-state index is 12.4. The van der Waals surface area contributed by atoms with Crippen LogP contribution in [0.25, 0.3) is 0 Å². The Kier molecular flexibility index (Phi) is 4.45. The minimum absolute atomic E-state index is 0.0226. The monoisotopic (exact) mass is 392 g/mol. The van der Waals surface area contributed by atoms with Gasteiger partial charge in [-0.1, -0.05) is 23.2 Å². The average molecular weight is 393 g/mol. The van der Waals surface area contributed by atoms with E-state index in [9.17, 15) is 9.59 Å². The van der Waals surface area contributed by atoms with Crippen LogP contribution in [0.4, 0.5) is 0 Å². The standard InChI is InChI=1S/C19H18Cl2N2O3/c1-11-6-14(8-18(24)23(11)13-3-4-13)26-15-9-22(10-15)19(25)12-2-5-16(20)17(21)7-12/h2,5-8,13,15H,3-4,9-10H2,1H3. The molecular formula is C19H18Cl2N2O3. The van der Waals surface area contributed by atoms with Crippen molar-refractivity contribution < 1.29 is 9.53 Å². The quantitative estimate of drug-likeness (QED) is 0.796. The van der Waals surface area contributed by atoms with Gasteiger partial charge in [-0.2, -0.15) is 0 Å². The van der Waals surface area contributed by atoms with Gasteiger partial charge in [-0.3, -0.25) is 9.59 Å². The second-order valence-corrected chi connectivity index (χ2v) is 7.67. The van der Waals surface area contributed by atoms with Gasteiger partial charge in [0.15, 0.2) is 0 Å². The van der Waals surface area contributed by atoms with E-state index in [0.717, 1.165) is 18.5 Å². The number of ether oxygens (including phenoxy) is 1. The number of hydrogen-bond acceptors (Lipinski definition) is 3. The van der Waals surface area contributed by atoms with Crippen LogP contribution in [0.1, 0.15) is 34.9 Å². The first-order valence-corrected chi connectivity index (χ1v) is 9.32. The molecule has 2 aromatic rings. The molecule has 2 aliphatic rings. The molecule has 1 saturated heterocycles. The zero-order valence-corrected chi connectivity index (χ0v) is 15.8. The number of carbonyl (C=O) groups is 1. The predicted octanol–water partition coefficient (Wildman–Crippen LogP) is 3.70. The lowest BCUT2D eigenvalue weighted by Gasteiger charge is -2.39. The molecule has 26 heavy (non-hydrogen) atoms. The molecule has 1 aliphatic carbocycles. The van der Waals surface area contributed by atoms with Crippen LogP contribution in [-0.4, -0.2) is 34.6 Å². The van der Waals surface area contributed by atoms with Gasteiger partial charge < -0.3 is 14.2 Å². The Morgan fingerprint density at radius 2 is 1.85 bits per heavy atom. The third kappa shape index (κ3) is 3.33. The topological polar surface area (TPSA) is 51.5 Å². The van der Waals surface area contributed by atoms with E-state index >= 15 is 0 Å². The van der Waals surface area contributed by atoms with Gasteiger partial charge in [0, 0.05) is 23.4 Å². The van der Waals surface area contributed by atoms with Crippen LogP contribution < -0.4 is 10.3 Å². The summed E-state index contributed by atoms with van der Waals surface area (Å²) >= 11 is 11.9. The van der Waals surface area contributed by atoms with Crippen molar-refractivity contribution in [2.75, 3.05) is 13.1 Å². The van der Waals surface area contributed by atoms with Crippen molar-refractivity contribution in [2.45, 2.75) is 31.9 Å². The fourth-order valence-corrected chi connectivity index (χ4v) is 3.53. The van der Waals surface area contributed by atoms with Gasteiger partial charge in [-0.25, -0.2) is 0 Å². The maximum Gasteiger partial charge on any atom is 0.254 e. The molecule has 136 valence electrons. The Hall–Kier alpha value is -1.98. The summed E-state index contributed by atoms with van der Waals surface area (Å²) in [5, 5.41) is 0.780. The summed E-state index contributed by atoms with van der Waals surface area (Å²) in [5.74, 6) is 0.458. The SMILES string of the molecule is Cc1cc(OC2CN(C(=O)c3ccc(Cl)c(Cl)c3)C2)cc(=O)n1C1CC1. The Labute approximate surface area is 161 Å². The van der Waals surface area contributed by atoms with E-state index in [-0.39, 0.29) is 17.6 Å². The van der Waals surface area contributed by atoms with Gasteiger partial charge in [-0.05, 0) is 44.0 Å². The molecule has 1 amide bonds. The van der Waals surface area contributed by atoms with Crippen LogP contribution in [0.15, 0.2) is 35.1 Å². The van der Waals surface area contributed by atoms with E-state index < -0.39 is 0 Å². The fourth-order valence-electron chi connectivity index (χ4n) is 3.23. The Balaban J connectivity index is 1.38. The lowest BCUT2D eigenvalue weighted by atomic mass is 10.1. The Morgan fingerprint density at radius 1 is 1.12 bits per heavy atom. The highest BCUT2D eigenvalue weighted by molar-refractivity contribution is 6.42. The summed E-state index contributed by atoms with van der Waals surface area (Å²) < 4.78 is 7.70. The van der Waals surface area contributed by atoms with Crippen LogP contribution >= 0.6 is 23.2 Å². The van der Waals surface area contributed by atoms with Gasteiger partial charge >= 0.3 is 0 Å². The third-order valence-corrected chi connectivity index (χ3v) is 5.49. The molecule has 2 heterocycles. The highest BCUT2D eigenvalue weighted by Gasteiger charge is 2.33. The van der Waals surface area contributed by atoms with Crippen molar-refractivity contribution in [1.29, 1.82) is 0 Å². The van der Waals surface area contributed by atoms with E-state index in [1.807, 2.05) is 17.6 Å². The van der Waals surface area contributed by atoms with Gasteiger partial charge in [0.1, 0.15) is 11.9 Å².